The summed E-state index contributed by atoms with van der Waals surface area (Å²) in [5.41, 5.74) is -0.278. The van der Waals surface area contributed by atoms with Gasteiger partial charge in [0.2, 0.25) is 5.91 Å². The summed E-state index contributed by atoms with van der Waals surface area (Å²) in [5.74, 6) is 0.750. The summed E-state index contributed by atoms with van der Waals surface area (Å²) in [7, 11) is 0. The first-order chi connectivity index (χ1) is 11.4. The minimum atomic E-state index is -4.37. The first-order valence-corrected chi connectivity index (χ1v) is 8.59. The van der Waals surface area contributed by atoms with Gasteiger partial charge in [0.15, 0.2) is 0 Å². The Morgan fingerprint density at radius 2 is 1.88 bits per heavy atom. The molecule has 1 aliphatic heterocycles. The van der Waals surface area contributed by atoms with Gasteiger partial charge < -0.3 is 10.2 Å². The van der Waals surface area contributed by atoms with E-state index in [0.29, 0.717) is 24.7 Å². The van der Waals surface area contributed by atoms with Crippen molar-refractivity contribution in [2.24, 2.45) is 5.92 Å². The summed E-state index contributed by atoms with van der Waals surface area (Å²) in [6, 6.07) is 5.51. The normalized spacial score (nSPS) is 19.5. The quantitative estimate of drug-likeness (QED) is 0.892. The average Bonchev–Trinajstić information content (AvgIpc) is 3.37. The van der Waals surface area contributed by atoms with E-state index >= 15 is 0 Å². The molecule has 1 heterocycles. The Morgan fingerprint density at radius 3 is 2.50 bits per heavy atom. The number of likely N-dealkylation sites (tertiary alicyclic amines) is 1. The van der Waals surface area contributed by atoms with Crippen molar-refractivity contribution in [3.05, 3.63) is 35.4 Å². The smallest absolute Gasteiger partial charge is 0.342 e. The second kappa shape index (κ2) is 7.13. The van der Waals surface area contributed by atoms with E-state index in [-0.39, 0.29) is 12.3 Å². The predicted molar refractivity (Wildman–Crippen MR) is 85.5 cm³/mol. The Kier molecular flexibility index (Phi) is 5.13. The maximum Gasteiger partial charge on any atom is 0.416 e. The number of halogens is 3. The second-order valence-electron chi connectivity index (χ2n) is 6.88. The van der Waals surface area contributed by atoms with Gasteiger partial charge in [-0.15, -0.1) is 0 Å². The number of nitrogens with one attached hydrogen (secondary N) is 1. The summed E-state index contributed by atoms with van der Waals surface area (Å²) >= 11 is 0. The van der Waals surface area contributed by atoms with Crippen LogP contribution in [0.25, 0.3) is 0 Å². The number of rotatable bonds is 5. The predicted octanol–water partition coefficient (Wildman–Crippen LogP) is 3.24. The minimum absolute atomic E-state index is 0.0318. The van der Waals surface area contributed by atoms with E-state index in [4.69, 9.17) is 0 Å². The molecule has 0 atom stereocenters. The Bertz CT molecular complexity index is 576. The molecule has 24 heavy (non-hydrogen) atoms. The van der Waals surface area contributed by atoms with Crippen LogP contribution in [0.2, 0.25) is 0 Å². The van der Waals surface area contributed by atoms with E-state index in [2.05, 4.69) is 5.32 Å². The summed E-state index contributed by atoms with van der Waals surface area (Å²) < 4.78 is 38.2. The summed E-state index contributed by atoms with van der Waals surface area (Å²) in [6.07, 6.45) is 0.138. The zero-order valence-corrected chi connectivity index (χ0v) is 13.6. The minimum Gasteiger partial charge on any atom is -0.342 e. The third-order valence-corrected chi connectivity index (χ3v) is 4.85. The van der Waals surface area contributed by atoms with Crippen LogP contribution in [-0.2, 0) is 17.4 Å². The molecule has 1 saturated heterocycles. The monoisotopic (exact) mass is 340 g/mol. The first-order valence-electron chi connectivity index (χ1n) is 8.59. The Labute approximate surface area is 140 Å². The second-order valence-corrected chi connectivity index (χ2v) is 6.88. The maximum atomic E-state index is 12.7. The molecule has 0 spiro atoms. The number of carbonyl (C=O) groups is 1. The molecule has 0 bridgehead atoms. The van der Waals surface area contributed by atoms with Crippen molar-refractivity contribution >= 4 is 5.91 Å². The fourth-order valence-corrected chi connectivity index (χ4v) is 3.13. The fourth-order valence-electron chi connectivity index (χ4n) is 3.13. The van der Waals surface area contributed by atoms with E-state index < -0.39 is 11.7 Å². The molecule has 3 rings (SSSR count). The van der Waals surface area contributed by atoms with Gasteiger partial charge in [-0.2, -0.15) is 13.2 Å². The van der Waals surface area contributed by atoms with E-state index in [1.807, 2.05) is 0 Å². The molecule has 0 radical (unpaired) electrons. The van der Waals surface area contributed by atoms with Crippen LogP contribution in [-0.4, -0.2) is 36.5 Å². The molecule has 2 aliphatic rings. The number of benzene rings is 1. The lowest BCUT2D eigenvalue weighted by Gasteiger charge is -2.32. The van der Waals surface area contributed by atoms with Crippen LogP contribution < -0.4 is 5.32 Å². The molecule has 3 nitrogen and oxygen atoms in total. The molecule has 6 heteroatoms. The number of nitrogens with zero attached hydrogens (tertiary/aromatic N) is 1. The molecular formula is C18H23F3N2O. The SMILES string of the molecule is O=C(Cc1cccc(C(F)(F)F)c1)N1CCC(NCC2CC2)CC1. The van der Waals surface area contributed by atoms with Crippen molar-refractivity contribution in [2.75, 3.05) is 19.6 Å². The highest BCUT2D eigenvalue weighted by molar-refractivity contribution is 5.79. The van der Waals surface area contributed by atoms with Crippen LogP contribution in [0.3, 0.4) is 0 Å². The molecule has 1 N–H and O–H groups in total. The van der Waals surface area contributed by atoms with Crippen molar-refractivity contribution in [1.82, 2.24) is 10.2 Å². The molecule has 132 valence electrons. The number of piperidine rings is 1. The van der Waals surface area contributed by atoms with E-state index in [9.17, 15) is 18.0 Å². The molecule has 0 unspecified atom stereocenters. The van der Waals surface area contributed by atoms with E-state index in [1.165, 1.54) is 18.9 Å². The maximum absolute atomic E-state index is 12.7. The van der Waals surface area contributed by atoms with Gasteiger partial charge in [0, 0.05) is 19.1 Å². The van der Waals surface area contributed by atoms with Gasteiger partial charge in [-0.05, 0) is 49.8 Å². The first kappa shape index (κ1) is 17.3. The molecule has 1 saturated carbocycles. The van der Waals surface area contributed by atoms with Gasteiger partial charge >= 0.3 is 6.18 Å². The zero-order valence-electron chi connectivity index (χ0n) is 13.6. The van der Waals surface area contributed by atoms with Crippen LogP contribution in [0.1, 0.15) is 36.8 Å². The molecule has 1 aromatic rings. The third kappa shape index (κ3) is 4.72. The Morgan fingerprint density at radius 1 is 1.17 bits per heavy atom. The highest BCUT2D eigenvalue weighted by atomic mass is 19.4. The van der Waals surface area contributed by atoms with Crippen molar-refractivity contribution < 1.29 is 18.0 Å². The fraction of sp³-hybridized carbons (Fsp3) is 0.611. The molecule has 1 aromatic carbocycles. The number of alkyl halides is 3. The van der Waals surface area contributed by atoms with Crippen LogP contribution in [0.15, 0.2) is 24.3 Å². The molecule has 2 fully saturated rings. The third-order valence-electron chi connectivity index (χ3n) is 4.85. The van der Waals surface area contributed by atoms with Gasteiger partial charge in [-0.25, -0.2) is 0 Å². The van der Waals surface area contributed by atoms with Crippen molar-refractivity contribution in [3.8, 4) is 0 Å². The molecular weight excluding hydrogens is 317 g/mol. The number of hydrogen-bond donors (Lipinski definition) is 1. The molecule has 1 amide bonds. The highest BCUT2D eigenvalue weighted by Gasteiger charge is 2.31. The highest BCUT2D eigenvalue weighted by Crippen LogP contribution is 2.30. The molecule has 0 aromatic heterocycles. The van der Waals surface area contributed by atoms with Gasteiger partial charge in [0.1, 0.15) is 0 Å². The van der Waals surface area contributed by atoms with Gasteiger partial charge in [0.25, 0.3) is 0 Å². The average molecular weight is 340 g/mol. The van der Waals surface area contributed by atoms with Gasteiger partial charge in [-0.3, -0.25) is 4.79 Å². The lowest BCUT2D eigenvalue weighted by Crippen LogP contribution is -2.45. The largest absolute Gasteiger partial charge is 0.416 e. The summed E-state index contributed by atoms with van der Waals surface area (Å²) in [5, 5.41) is 3.55. The summed E-state index contributed by atoms with van der Waals surface area (Å²) in [4.78, 5) is 14.1. The van der Waals surface area contributed by atoms with Crippen molar-refractivity contribution in [1.29, 1.82) is 0 Å². The Hall–Kier alpha value is -1.56. The van der Waals surface area contributed by atoms with E-state index in [1.54, 1.807) is 11.0 Å². The summed E-state index contributed by atoms with van der Waals surface area (Å²) in [6.45, 7) is 2.43. The zero-order chi connectivity index (χ0) is 17.2. The molecule has 1 aliphatic carbocycles. The van der Waals surface area contributed by atoms with Crippen LogP contribution in [0.5, 0.6) is 0 Å². The van der Waals surface area contributed by atoms with Crippen LogP contribution in [0, 0.1) is 5.92 Å². The van der Waals surface area contributed by atoms with Crippen molar-refractivity contribution in [2.45, 2.75) is 44.3 Å². The van der Waals surface area contributed by atoms with Gasteiger partial charge in [0.05, 0.1) is 12.0 Å². The van der Waals surface area contributed by atoms with Crippen LogP contribution >= 0.6 is 0 Å². The van der Waals surface area contributed by atoms with Crippen molar-refractivity contribution in [3.63, 3.8) is 0 Å². The van der Waals surface area contributed by atoms with Crippen LogP contribution in [0.4, 0.5) is 13.2 Å². The standard InChI is InChI=1S/C18H23F3N2O/c19-18(20,21)15-3-1-2-14(10-15)11-17(24)23-8-6-16(7-9-23)22-12-13-4-5-13/h1-3,10,13,16,22H,4-9,11-12H2. The number of amides is 1. The topological polar surface area (TPSA) is 32.3 Å². The van der Waals surface area contributed by atoms with E-state index in [0.717, 1.165) is 37.4 Å². The Balaban J connectivity index is 1.48. The lowest BCUT2D eigenvalue weighted by molar-refractivity contribution is -0.138. The van der Waals surface area contributed by atoms with Gasteiger partial charge in [-0.1, -0.05) is 18.2 Å². The number of carbonyl (C=O) groups excluding carboxylic acids is 1. The number of hydrogen-bond acceptors (Lipinski definition) is 2. The lowest BCUT2D eigenvalue weighted by atomic mass is 10.0.